The van der Waals surface area contributed by atoms with Crippen molar-refractivity contribution in [1.29, 1.82) is 0 Å². The summed E-state index contributed by atoms with van der Waals surface area (Å²) < 4.78 is 0. The minimum Gasteiger partial charge on any atom is -0.396 e. The highest BCUT2D eigenvalue weighted by atomic mass is 16.3. The van der Waals surface area contributed by atoms with Gasteiger partial charge in [0.2, 0.25) is 0 Å². The normalized spacial score (nSPS) is 15.5. The van der Waals surface area contributed by atoms with Gasteiger partial charge in [-0.1, -0.05) is 13.8 Å². The lowest BCUT2D eigenvalue weighted by Crippen LogP contribution is -2.32. The van der Waals surface area contributed by atoms with Gasteiger partial charge in [0, 0.05) is 36.4 Å². The molecule has 0 atom stereocenters. The van der Waals surface area contributed by atoms with E-state index in [4.69, 9.17) is 0 Å². The molecule has 0 saturated carbocycles. The van der Waals surface area contributed by atoms with Crippen LogP contribution in [0.1, 0.15) is 45.1 Å². The summed E-state index contributed by atoms with van der Waals surface area (Å²) in [4.78, 5) is 2.47. The van der Waals surface area contributed by atoms with Crippen molar-refractivity contribution < 1.29 is 5.11 Å². The quantitative estimate of drug-likeness (QED) is 0.801. The van der Waals surface area contributed by atoms with Crippen molar-refractivity contribution in [2.75, 3.05) is 36.5 Å². The monoisotopic (exact) mass is 290 g/mol. The van der Waals surface area contributed by atoms with E-state index in [1.807, 2.05) is 0 Å². The van der Waals surface area contributed by atoms with Crippen LogP contribution < -0.4 is 10.2 Å². The molecule has 2 rings (SSSR count). The van der Waals surface area contributed by atoms with E-state index in [1.54, 1.807) is 0 Å². The average Bonchev–Trinajstić information content (AvgIpc) is 3.04. The Hall–Kier alpha value is -1.22. The van der Waals surface area contributed by atoms with Crippen LogP contribution >= 0.6 is 0 Å². The molecule has 0 aromatic heterocycles. The molecule has 1 heterocycles. The smallest absolute Gasteiger partial charge is 0.0504 e. The molecular formula is C18H30N2O. The molecular weight excluding hydrogens is 260 g/mol. The number of benzene rings is 1. The van der Waals surface area contributed by atoms with E-state index >= 15 is 0 Å². The number of aliphatic hydroxyl groups is 1. The predicted molar refractivity (Wildman–Crippen MR) is 91.2 cm³/mol. The molecule has 1 fully saturated rings. The van der Waals surface area contributed by atoms with E-state index < -0.39 is 0 Å². The number of aryl methyl sites for hydroxylation is 1. The van der Waals surface area contributed by atoms with Crippen molar-refractivity contribution in [1.82, 2.24) is 0 Å². The minimum absolute atomic E-state index is 0.0000633. The van der Waals surface area contributed by atoms with E-state index in [2.05, 4.69) is 49.2 Å². The van der Waals surface area contributed by atoms with Gasteiger partial charge in [-0.15, -0.1) is 0 Å². The zero-order chi connectivity index (χ0) is 15.3. The zero-order valence-corrected chi connectivity index (χ0v) is 13.8. The fourth-order valence-corrected chi connectivity index (χ4v) is 3.08. The van der Waals surface area contributed by atoms with Gasteiger partial charge in [0.05, 0.1) is 6.61 Å². The summed E-state index contributed by atoms with van der Waals surface area (Å²) in [5, 5.41) is 13.2. The largest absolute Gasteiger partial charge is 0.396 e. The van der Waals surface area contributed by atoms with Crippen molar-refractivity contribution in [3.8, 4) is 0 Å². The van der Waals surface area contributed by atoms with Crippen molar-refractivity contribution in [2.24, 2.45) is 5.41 Å². The summed E-state index contributed by atoms with van der Waals surface area (Å²) in [6.45, 7) is 9.94. The van der Waals surface area contributed by atoms with Gasteiger partial charge in [-0.3, -0.25) is 0 Å². The Labute approximate surface area is 129 Å². The molecule has 1 saturated heterocycles. The van der Waals surface area contributed by atoms with Crippen LogP contribution in [0.15, 0.2) is 18.2 Å². The Morgan fingerprint density at radius 2 is 1.86 bits per heavy atom. The lowest BCUT2D eigenvalue weighted by atomic mass is 9.83. The van der Waals surface area contributed by atoms with Crippen LogP contribution in [0.4, 0.5) is 11.4 Å². The van der Waals surface area contributed by atoms with Gasteiger partial charge >= 0.3 is 0 Å². The molecule has 0 radical (unpaired) electrons. The highest BCUT2D eigenvalue weighted by Crippen LogP contribution is 2.29. The maximum atomic E-state index is 9.66. The number of hydrogen-bond acceptors (Lipinski definition) is 3. The van der Waals surface area contributed by atoms with Crippen LogP contribution in [0.25, 0.3) is 0 Å². The lowest BCUT2D eigenvalue weighted by molar-refractivity contribution is 0.127. The molecule has 1 aromatic rings. The summed E-state index contributed by atoms with van der Waals surface area (Å²) in [7, 11) is 0. The highest BCUT2D eigenvalue weighted by molar-refractivity contribution is 5.60. The van der Waals surface area contributed by atoms with Crippen molar-refractivity contribution in [3.05, 3.63) is 23.8 Å². The van der Waals surface area contributed by atoms with Crippen molar-refractivity contribution >= 4 is 11.4 Å². The SMILES string of the molecule is CCC(CC)(CO)CNc1ccc(N2CCCC2)cc1C. The van der Waals surface area contributed by atoms with E-state index in [1.165, 1.54) is 42.9 Å². The molecule has 0 unspecified atom stereocenters. The van der Waals surface area contributed by atoms with Crippen molar-refractivity contribution in [3.63, 3.8) is 0 Å². The molecule has 0 spiro atoms. The predicted octanol–water partition coefficient (Wildman–Crippen LogP) is 3.81. The first kappa shape index (κ1) is 16.2. The van der Waals surface area contributed by atoms with Gasteiger partial charge in [-0.2, -0.15) is 0 Å². The Bertz CT molecular complexity index is 440. The van der Waals surface area contributed by atoms with Gasteiger partial charge in [-0.05, 0) is 56.4 Å². The summed E-state index contributed by atoms with van der Waals surface area (Å²) in [5.41, 5.74) is 3.83. The molecule has 0 bridgehead atoms. The molecule has 0 aliphatic carbocycles. The maximum Gasteiger partial charge on any atom is 0.0504 e. The number of aliphatic hydroxyl groups excluding tert-OH is 1. The topological polar surface area (TPSA) is 35.5 Å². The Morgan fingerprint density at radius 1 is 1.19 bits per heavy atom. The Kier molecular flexibility index (Phi) is 5.51. The van der Waals surface area contributed by atoms with Crippen molar-refractivity contribution in [2.45, 2.75) is 46.5 Å². The number of hydrogen-bond donors (Lipinski definition) is 2. The molecule has 2 N–H and O–H groups in total. The van der Waals surface area contributed by atoms with Gasteiger partial charge < -0.3 is 15.3 Å². The van der Waals surface area contributed by atoms with Crippen LogP contribution in [0.5, 0.6) is 0 Å². The number of nitrogens with zero attached hydrogens (tertiary/aromatic N) is 1. The summed E-state index contributed by atoms with van der Waals surface area (Å²) >= 11 is 0. The summed E-state index contributed by atoms with van der Waals surface area (Å²) in [6.07, 6.45) is 4.62. The lowest BCUT2D eigenvalue weighted by Gasteiger charge is -2.30. The van der Waals surface area contributed by atoms with E-state index in [9.17, 15) is 5.11 Å². The van der Waals surface area contributed by atoms with E-state index in [0.29, 0.717) is 0 Å². The van der Waals surface area contributed by atoms with Crippen LogP contribution in [-0.2, 0) is 0 Å². The van der Waals surface area contributed by atoms with Crippen LogP contribution in [0.2, 0.25) is 0 Å². The number of anilines is 2. The average molecular weight is 290 g/mol. The summed E-state index contributed by atoms with van der Waals surface area (Å²) in [6, 6.07) is 6.70. The van der Waals surface area contributed by atoms with Gasteiger partial charge in [0.25, 0.3) is 0 Å². The Balaban J connectivity index is 2.03. The van der Waals surface area contributed by atoms with Gasteiger partial charge in [0.1, 0.15) is 0 Å². The molecule has 21 heavy (non-hydrogen) atoms. The molecule has 3 nitrogen and oxygen atoms in total. The standard InChI is InChI=1S/C18H30N2O/c1-4-18(5-2,14-21)13-19-17-9-8-16(12-15(17)3)20-10-6-7-11-20/h8-9,12,19,21H,4-7,10-11,13-14H2,1-3H3. The molecule has 1 aromatic carbocycles. The summed E-state index contributed by atoms with van der Waals surface area (Å²) in [5.74, 6) is 0. The third-order valence-corrected chi connectivity index (χ3v) is 5.17. The number of rotatable bonds is 7. The second-order valence-electron chi connectivity index (χ2n) is 6.41. The van der Waals surface area contributed by atoms with Crippen LogP contribution in [-0.4, -0.2) is 31.3 Å². The second-order valence-corrected chi connectivity index (χ2v) is 6.41. The van der Waals surface area contributed by atoms with E-state index in [0.717, 1.165) is 19.4 Å². The molecule has 0 amide bonds. The van der Waals surface area contributed by atoms with Crippen LogP contribution in [0.3, 0.4) is 0 Å². The molecule has 118 valence electrons. The second kappa shape index (κ2) is 7.17. The molecule has 1 aliphatic heterocycles. The Morgan fingerprint density at radius 3 is 2.38 bits per heavy atom. The third-order valence-electron chi connectivity index (χ3n) is 5.17. The van der Waals surface area contributed by atoms with Gasteiger partial charge in [0.15, 0.2) is 0 Å². The fraction of sp³-hybridized carbons (Fsp3) is 0.667. The first-order valence-corrected chi connectivity index (χ1v) is 8.34. The highest BCUT2D eigenvalue weighted by Gasteiger charge is 2.25. The van der Waals surface area contributed by atoms with Gasteiger partial charge in [-0.25, -0.2) is 0 Å². The first-order valence-electron chi connectivity index (χ1n) is 8.34. The first-order chi connectivity index (χ1) is 10.1. The molecule has 3 heteroatoms. The molecule has 1 aliphatic rings. The number of nitrogens with one attached hydrogen (secondary N) is 1. The third kappa shape index (κ3) is 3.70. The minimum atomic E-state index is 0.0000633. The fourth-order valence-electron chi connectivity index (χ4n) is 3.08. The van der Waals surface area contributed by atoms with Crippen LogP contribution in [0, 0.1) is 12.3 Å². The van der Waals surface area contributed by atoms with E-state index in [-0.39, 0.29) is 12.0 Å². The maximum absolute atomic E-state index is 9.66. The zero-order valence-electron chi connectivity index (χ0n) is 13.8.